The number of benzene rings is 2. The Morgan fingerprint density at radius 3 is 2.38 bits per heavy atom. The second kappa shape index (κ2) is 10.7. The van der Waals surface area contributed by atoms with E-state index in [1.54, 1.807) is 6.07 Å². The quantitative estimate of drug-likeness (QED) is 0.485. The van der Waals surface area contributed by atoms with Crippen LogP contribution in [0.2, 0.25) is 5.02 Å². The van der Waals surface area contributed by atoms with E-state index in [-0.39, 0.29) is 11.9 Å². The molecule has 3 aromatic rings. The smallest absolute Gasteiger partial charge is 0.270 e. The average Bonchev–Trinajstić information content (AvgIpc) is 3.26. The first-order valence-electron chi connectivity index (χ1n) is 12.7. The molecule has 0 saturated carbocycles. The van der Waals surface area contributed by atoms with Crippen molar-refractivity contribution < 1.29 is 13.6 Å². The van der Waals surface area contributed by atoms with Gasteiger partial charge in [0.25, 0.3) is 5.91 Å². The number of para-hydroxylation sites is 1. The van der Waals surface area contributed by atoms with Gasteiger partial charge in [0.1, 0.15) is 5.69 Å². The predicted molar refractivity (Wildman–Crippen MR) is 143 cm³/mol. The molecule has 3 heterocycles. The first kappa shape index (κ1) is 25.5. The molecule has 6 nitrogen and oxygen atoms in total. The van der Waals surface area contributed by atoms with Gasteiger partial charge in [0.15, 0.2) is 11.6 Å². The van der Waals surface area contributed by atoms with Crippen LogP contribution in [-0.2, 0) is 13.6 Å². The van der Waals surface area contributed by atoms with Crippen LogP contribution in [0.5, 0.6) is 0 Å². The zero-order valence-electron chi connectivity index (χ0n) is 21.2. The fourth-order valence-corrected chi connectivity index (χ4v) is 5.62. The maximum absolute atomic E-state index is 13.7. The van der Waals surface area contributed by atoms with Gasteiger partial charge < -0.3 is 19.3 Å². The largest absolute Gasteiger partial charge is 0.368 e. The van der Waals surface area contributed by atoms with E-state index < -0.39 is 11.6 Å². The van der Waals surface area contributed by atoms with E-state index in [4.69, 9.17) is 11.6 Å². The minimum Gasteiger partial charge on any atom is -0.368 e. The number of piperazine rings is 2. The van der Waals surface area contributed by atoms with Crippen LogP contribution in [0.15, 0.2) is 54.7 Å². The molecule has 1 aromatic heterocycles. The second-order valence-corrected chi connectivity index (χ2v) is 10.4. The van der Waals surface area contributed by atoms with Crippen molar-refractivity contribution in [1.82, 2.24) is 14.4 Å². The van der Waals surface area contributed by atoms with Crippen LogP contribution in [0, 0.1) is 11.6 Å². The van der Waals surface area contributed by atoms with Crippen LogP contribution in [0.1, 0.15) is 23.0 Å². The van der Waals surface area contributed by atoms with Gasteiger partial charge in [-0.05, 0) is 42.8 Å². The first-order chi connectivity index (χ1) is 17.8. The molecule has 0 radical (unpaired) electrons. The number of carbonyl (C=O) groups excluding carboxylic acids is 1. The number of anilines is 2. The van der Waals surface area contributed by atoms with Crippen molar-refractivity contribution in [2.45, 2.75) is 19.5 Å². The Morgan fingerprint density at radius 1 is 0.946 bits per heavy atom. The Balaban J connectivity index is 1.18. The van der Waals surface area contributed by atoms with Crippen molar-refractivity contribution in [2.24, 2.45) is 7.05 Å². The molecule has 37 heavy (non-hydrogen) atoms. The first-order valence-corrected chi connectivity index (χ1v) is 13.1. The number of nitrogens with zero attached hydrogens (tertiary/aromatic N) is 5. The third-order valence-corrected chi connectivity index (χ3v) is 7.73. The highest BCUT2D eigenvalue weighted by Gasteiger charge is 2.30. The summed E-state index contributed by atoms with van der Waals surface area (Å²) in [6.45, 7) is 8.08. The number of amides is 1. The third kappa shape index (κ3) is 5.45. The summed E-state index contributed by atoms with van der Waals surface area (Å²) in [5, 5.41) is 0.780. The maximum Gasteiger partial charge on any atom is 0.270 e. The highest BCUT2D eigenvalue weighted by Crippen LogP contribution is 2.27. The van der Waals surface area contributed by atoms with Crippen molar-refractivity contribution in [2.75, 3.05) is 55.6 Å². The van der Waals surface area contributed by atoms with Gasteiger partial charge in [-0.25, -0.2) is 8.78 Å². The zero-order chi connectivity index (χ0) is 26.1. The Bertz CT molecular complexity index is 1270. The maximum atomic E-state index is 13.7. The predicted octanol–water partition coefficient (Wildman–Crippen LogP) is 4.63. The van der Waals surface area contributed by atoms with Crippen LogP contribution in [0.25, 0.3) is 0 Å². The van der Waals surface area contributed by atoms with E-state index in [1.807, 2.05) is 58.8 Å². The summed E-state index contributed by atoms with van der Waals surface area (Å²) in [5.74, 6) is -1.72. The summed E-state index contributed by atoms with van der Waals surface area (Å²) in [7, 11) is 1.91. The SMILES string of the molecule is CC1CN(c2ccc(F)c(F)c2)CCN1C(=O)c1cc(CN2CCN(c3ccccc3Cl)CC2)cn1C. The van der Waals surface area contributed by atoms with Crippen molar-refractivity contribution >= 4 is 28.9 Å². The van der Waals surface area contributed by atoms with Gasteiger partial charge in [-0.3, -0.25) is 9.69 Å². The lowest BCUT2D eigenvalue weighted by atomic mass is 10.1. The number of halogens is 3. The van der Waals surface area contributed by atoms with Crippen molar-refractivity contribution in [3.63, 3.8) is 0 Å². The van der Waals surface area contributed by atoms with Gasteiger partial charge in [0, 0.05) is 83.4 Å². The van der Waals surface area contributed by atoms with Crippen LogP contribution in [0.4, 0.5) is 20.2 Å². The summed E-state index contributed by atoms with van der Waals surface area (Å²) in [5.41, 5.74) is 3.49. The molecular weight excluding hydrogens is 496 g/mol. The van der Waals surface area contributed by atoms with Crippen LogP contribution in [0.3, 0.4) is 0 Å². The Kier molecular flexibility index (Phi) is 7.40. The van der Waals surface area contributed by atoms with E-state index in [0.717, 1.165) is 55.1 Å². The molecule has 1 atom stereocenters. The molecule has 196 valence electrons. The standard InChI is InChI=1S/C28H32ClF2N5O/c1-20-17-35(22-7-8-24(30)25(31)16-22)13-14-36(20)28(37)27-15-21(18-32(27)2)19-33-9-11-34(12-10-33)26-6-4-3-5-23(26)29/h3-8,15-16,18,20H,9-14,17,19H2,1-2H3. The number of aryl methyl sites for hydroxylation is 1. The number of hydrogen-bond donors (Lipinski definition) is 0. The summed E-state index contributed by atoms with van der Waals surface area (Å²) < 4.78 is 28.9. The normalized spacial score (nSPS) is 18.9. The fraction of sp³-hybridized carbons (Fsp3) is 0.393. The monoisotopic (exact) mass is 527 g/mol. The van der Waals surface area contributed by atoms with Crippen LogP contribution < -0.4 is 9.80 Å². The number of carbonyl (C=O) groups is 1. The second-order valence-electron chi connectivity index (χ2n) is 9.95. The Morgan fingerprint density at radius 2 is 1.68 bits per heavy atom. The molecule has 2 aliphatic rings. The lowest BCUT2D eigenvalue weighted by molar-refractivity contribution is 0.0664. The summed E-state index contributed by atoms with van der Waals surface area (Å²) in [6.07, 6.45) is 2.04. The molecule has 2 aromatic carbocycles. The van der Waals surface area contributed by atoms with E-state index >= 15 is 0 Å². The molecule has 1 unspecified atom stereocenters. The highest BCUT2D eigenvalue weighted by atomic mass is 35.5. The summed E-state index contributed by atoms with van der Waals surface area (Å²) in [4.78, 5) is 22.0. The van der Waals surface area contributed by atoms with Gasteiger partial charge in [-0.15, -0.1) is 0 Å². The summed E-state index contributed by atoms with van der Waals surface area (Å²) >= 11 is 6.37. The highest BCUT2D eigenvalue weighted by molar-refractivity contribution is 6.33. The molecular formula is C28H32ClF2N5O. The van der Waals surface area contributed by atoms with E-state index in [0.29, 0.717) is 31.0 Å². The van der Waals surface area contributed by atoms with Crippen molar-refractivity contribution in [3.8, 4) is 0 Å². The molecule has 2 aliphatic heterocycles. The van der Waals surface area contributed by atoms with E-state index in [2.05, 4.69) is 15.9 Å². The fourth-order valence-electron chi connectivity index (χ4n) is 5.37. The van der Waals surface area contributed by atoms with Gasteiger partial charge in [-0.2, -0.15) is 0 Å². The van der Waals surface area contributed by atoms with Crippen molar-refractivity contribution in [1.29, 1.82) is 0 Å². The van der Waals surface area contributed by atoms with E-state index in [1.165, 1.54) is 6.07 Å². The zero-order valence-corrected chi connectivity index (χ0v) is 22.0. The Hall–Kier alpha value is -3.10. The minimum absolute atomic E-state index is 0.00488. The molecule has 2 fully saturated rings. The number of hydrogen-bond acceptors (Lipinski definition) is 4. The van der Waals surface area contributed by atoms with Crippen LogP contribution in [-0.4, -0.2) is 72.1 Å². The Labute approximate surface area is 221 Å². The van der Waals surface area contributed by atoms with Gasteiger partial charge in [0.2, 0.25) is 0 Å². The lowest BCUT2D eigenvalue weighted by Crippen LogP contribution is -2.54. The molecule has 2 saturated heterocycles. The third-order valence-electron chi connectivity index (χ3n) is 7.41. The lowest BCUT2D eigenvalue weighted by Gasteiger charge is -2.41. The number of rotatable bonds is 5. The van der Waals surface area contributed by atoms with Gasteiger partial charge in [0.05, 0.1) is 10.7 Å². The minimum atomic E-state index is -0.856. The average molecular weight is 528 g/mol. The molecule has 1 amide bonds. The molecule has 0 bridgehead atoms. The van der Waals surface area contributed by atoms with Crippen molar-refractivity contribution in [3.05, 3.63) is 82.6 Å². The van der Waals surface area contributed by atoms with Gasteiger partial charge >= 0.3 is 0 Å². The van der Waals surface area contributed by atoms with E-state index in [9.17, 15) is 13.6 Å². The van der Waals surface area contributed by atoms with Crippen LogP contribution >= 0.6 is 11.6 Å². The molecule has 0 aliphatic carbocycles. The summed E-state index contributed by atoms with van der Waals surface area (Å²) in [6, 6.07) is 13.8. The topological polar surface area (TPSA) is 35.0 Å². The molecule has 0 spiro atoms. The molecule has 5 rings (SSSR count). The van der Waals surface area contributed by atoms with Gasteiger partial charge in [-0.1, -0.05) is 23.7 Å². The molecule has 9 heteroatoms. The number of aromatic nitrogens is 1. The molecule has 0 N–H and O–H groups in total.